The zero-order chi connectivity index (χ0) is 25.1. The van der Waals surface area contributed by atoms with Crippen molar-refractivity contribution in [2.24, 2.45) is 0 Å². The van der Waals surface area contributed by atoms with Crippen LogP contribution in [0.3, 0.4) is 0 Å². The minimum absolute atomic E-state index is 0.0163. The number of benzene rings is 2. The Morgan fingerprint density at radius 2 is 0.765 bits per heavy atom. The first kappa shape index (κ1) is 22.9. The molecule has 2 aromatic rings. The Bertz CT molecular complexity index is 1060. The monoisotopic (exact) mass is 488 g/mol. The highest BCUT2D eigenvalue weighted by Crippen LogP contribution is 2.64. The minimum atomic E-state index is -4.23. The van der Waals surface area contributed by atoms with Crippen molar-refractivity contribution in [1.29, 1.82) is 0 Å². The first-order valence-electron chi connectivity index (χ1n) is 10.8. The lowest BCUT2D eigenvalue weighted by molar-refractivity contribution is -0.0105. The van der Waals surface area contributed by atoms with Crippen LogP contribution in [0.15, 0.2) is 0 Å². The van der Waals surface area contributed by atoms with Gasteiger partial charge in [-0.15, -0.1) is 0 Å². The Hall–Kier alpha value is -2.85. The maximum Gasteiger partial charge on any atom is 0.303 e. The Labute approximate surface area is 192 Å². The summed E-state index contributed by atoms with van der Waals surface area (Å²) in [6.45, 7) is 0.942. The lowest BCUT2D eigenvalue weighted by atomic mass is 9.75. The molecular weight excluding hydrogens is 465 g/mol. The van der Waals surface area contributed by atoms with Crippen molar-refractivity contribution in [1.82, 2.24) is 0 Å². The van der Waals surface area contributed by atoms with Crippen molar-refractivity contribution in [2.45, 2.75) is 18.8 Å². The summed E-state index contributed by atoms with van der Waals surface area (Å²) >= 11 is 0. The normalized spacial score (nSPS) is 20.1. The van der Waals surface area contributed by atoms with Gasteiger partial charge in [0.1, 0.15) is 0 Å². The average Bonchev–Trinajstić information content (AvgIpc) is 2.79. The molecule has 0 unspecified atom stereocenters. The van der Waals surface area contributed by atoms with E-state index in [-0.39, 0.29) is 37.4 Å². The lowest BCUT2D eigenvalue weighted by Gasteiger charge is -2.41. The van der Waals surface area contributed by atoms with Crippen molar-refractivity contribution in [3.63, 3.8) is 0 Å². The van der Waals surface area contributed by atoms with Gasteiger partial charge >= 0.3 is 11.8 Å². The molecule has 0 saturated carbocycles. The van der Waals surface area contributed by atoms with Crippen LogP contribution in [-0.4, -0.2) is 54.4 Å². The van der Waals surface area contributed by atoms with E-state index in [4.69, 9.17) is 0 Å². The smallest absolute Gasteiger partial charge is 0.303 e. The van der Waals surface area contributed by atoms with E-state index >= 15 is 30.7 Å². The number of nitrogens with zero attached hydrogens (tertiary/aromatic N) is 4. The molecule has 5 rings (SSSR count). The molecule has 2 heterocycles. The molecule has 0 amide bonds. The van der Waals surface area contributed by atoms with Crippen LogP contribution in [0.2, 0.25) is 0 Å². The van der Waals surface area contributed by atoms with Gasteiger partial charge in [-0.05, 0) is 6.92 Å². The molecule has 3 aliphatic rings. The van der Waals surface area contributed by atoms with Gasteiger partial charge in [-0.1, -0.05) is 0 Å². The molecule has 0 spiro atoms. The molecule has 2 aromatic carbocycles. The fourth-order valence-electron chi connectivity index (χ4n) is 5.55. The lowest BCUT2D eigenvalue weighted by Crippen LogP contribution is -2.39. The molecule has 0 saturated heterocycles. The standard InChI is InChI=1S/C23H23F7N4/c1-10-15(24)19-12-11-18(10)31(2)6-7-33(4)20-13(22(11,27)28)14(23(12,29)30)21(17(26)16(20)25)34(5)9-8-32(19)3/h6-9H2,1-5H3. The molecule has 2 aliphatic heterocycles. The van der Waals surface area contributed by atoms with Gasteiger partial charge in [-0.25, -0.2) is 13.2 Å². The van der Waals surface area contributed by atoms with Crippen molar-refractivity contribution >= 4 is 22.7 Å². The van der Waals surface area contributed by atoms with E-state index in [9.17, 15) is 0 Å². The highest BCUT2D eigenvalue weighted by molar-refractivity contribution is 5.84. The summed E-state index contributed by atoms with van der Waals surface area (Å²) in [5.41, 5.74) is -7.91. The van der Waals surface area contributed by atoms with E-state index in [0.717, 1.165) is 14.7 Å². The average molecular weight is 488 g/mol. The van der Waals surface area contributed by atoms with Crippen LogP contribution >= 0.6 is 0 Å². The van der Waals surface area contributed by atoms with E-state index in [1.54, 1.807) is 0 Å². The number of rotatable bonds is 0. The van der Waals surface area contributed by atoms with Crippen molar-refractivity contribution in [3.8, 4) is 0 Å². The van der Waals surface area contributed by atoms with Crippen molar-refractivity contribution in [3.05, 3.63) is 45.3 Å². The number of anilines is 4. The fraction of sp³-hybridized carbons (Fsp3) is 0.478. The first-order chi connectivity index (χ1) is 15.7. The second kappa shape index (κ2) is 6.85. The molecule has 4 nitrogen and oxygen atoms in total. The number of halogens is 7. The maximum atomic E-state index is 16.5. The zero-order valence-electron chi connectivity index (χ0n) is 19.3. The third-order valence-corrected chi connectivity index (χ3v) is 7.27. The zero-order valence-corrected chi connectivity index (χ0v) is 19.3. The van der Waals surface area contributed by atoms with Crippen molar-refractivity contribution in [2.75, 3.05) is 74.0 Å². The van der Waals surface area contributed by atoms with Crippen LogP contribution in [0.25, 0.3) is 0 Å². The van der Waals surface area contributed by atoms with Crippen LogP contribution in [0.4, 0.5) is 53.5 Å². The van der Waals surface area contributed by atoms with Gasteiger partial charge in [0.25, 0.3) is 0 Å². The Balaban J connectivity index is 2.15. The summed E-state index contributed by atoms with van der Waals surface area (Å²) in [5, 5.41) is 0. The summed E-state index contributed by atoms with van der Waals surface area (Å²) in [5.74, 6) is -12.7. The Morgan fingerprint density at radius 1 is 0.500 bits per heavy atom. The van der Waals surface area contributed by atoms with Gasteiger partial charge < -0.3 is 19.6 Å². The SMILES string of the molecule is Cc1c(F)c2c3c4c1N(C)CCN(C)c1c(F)c(F)c(c(c1C4(F)F)C3(F)F)N(C)CCN2C. The maximum absolute atomic E-state index is 16.5. The largest absolute Gasteiger partial charge is 0.372 e. The third-order valence-electron chi connectivity index (χ3n) is 7.27. The van der Waals surface area contributed by atoms with Crippen LogP contribution in [0, 0.1) is 24.4 Å². The quantitative estimate of drug-likeness (QED) is 0.495. The summed E-state index contributed by atoms with van der Waals surface area (Å²) < 4.78 is 113. The second-order valence-electron chi connectivity index (χ2n) is 9.30. The number of hydrogen-bond donors (Lipinski definition) is 0. The molecule has 34 heavy (non-hydrogen) atoms. The summed E-state index contributed by atoms with van der Waals surface area (Å²) in [4.78, 5) is 4.44. The second-order valence-corrected chi connectivity index (χ2v) is 9.30. The predicted molar refractivity (Wildman–Crippen MR) is 117 cm³/mol. The molecule has 0 N–H and O–H groups in total. The third kappa shape index (κ3) is 2.55. The summed E-state index contributed by atoms with van der Waals surface area (Å²) in [6, 6.07) is 0. The van der Waals surface area contributed by atoms with E-state index in [0.29, 0.717) is 0 Å². The van der Waals surface area contributed by atoms with Crippen LogP contribution in [0.1, 0.15) is 27.8 Å². The van der Waals surface area contributed by atoms with Crippen LogP contribution in [-0.2, 0) is 11.8 Å². The number of likely N-dealkylation sites (N-methyl/N-ethyl adjacent to an activating group) is 4. The molecule has 11 heteroatoms. The van der Waals surface area contributed by atoms with E-state index in [2.05, 4.69) is 0 Å². The van der Waals surface area contributed by atoms with Gasteiger partial charge in [-0.2, -0.15) is 17.6 Å². The molecule has 1 aliphatic carbocycles. The van der Waals surface area contributed by atoms with Gasteiger partial charge in [0.15, 0.2) is 17.5 Å². The van der Waals surface area contributed by atoms with Gasteiger partial charge in [-0.3, -0.25) is 0 Å². The van der Waals surface area contributed by atoms with E-state index in [1.165, 1.54) is 40.0 Å². The van der Waals surface area contributed by atoms with Gasteiger partial charge in [0.05, 0.1) is 45.0 Å². The highest BCUT2D eigenvalue weighted by Gasteiger charge is 2.61. The number of alkyl halides is 4. The van der Waals surface area contributed by atoms with E-state index < -0.39 is 68.6 Å². The molecule has 184 valence electrons. The van der Waals surface area contributed by atoms with Crippen LogP contribution < -0.4 is 19.6 Å². The number of hydrogen-bond acceptors (Lipinski definition) is 4. The van der Waals surface area contributed by atoms with Gasteiger partial charge in [0.2, 0.25) is 0 Å². The topological polar surface area (TPSA) is 13.0 Å². The van der Waals surface area contributed by atoms with Crippen molar-refractivity contribution < 1.29 is 30.7 Å². The molecule has 4 bridgehead atoms. The molecule has 0 aromatic heterocycles. The Kier molecular flexibility index (Phi) is 4.62. The first-order valence-corrected chi connectivity index (χ1v) is 10.8. The van der Waals surface area contributed by atoms with E-state index in [1.807, 2.05) is 0 Å². The molecular formula is C23H23F7N4. The summed E-state index contributed by atoms with van der Waals surface area (Å²) in [7, 11) is 5.20. The molecule has 0 radical (unpaired) electrons. The van der Waals surface area contributed by atoms with Gasteiger partial charge in [0, 0.05) is 59.9 Å². The molecule has 0 atom stereocenters. The fourth-order valence-corrected chi connectivity index (χ4v) is 5.55. The minimum Gasteiger partial charge on any atom is -0.372 e. The highest BCUT2D eigenvalue weighted by atomic mass is 19.3. The predicted octanol–water partition coefficient (Wildman–Crippen LogP) is 4.78. The van der Waals surface area contributed by atoms with Crippen LogP contribution in [0.5, 0.6) is 0 Å². The summed E-state index contributed by atoms with van der Waals surface area (Å²) in [6.07, 6.45) is 0. The Morgan fingerprint density at radius 3 is 1.12 bits per heavy atom. The molecule has 0 fully saturated rings.